The molecular weight excluding hydrogens is 264 g/mol. The van der Waals surface area contributed by atoms with Gasteiger partial charge in [0, 0.05) is 12.6 Å². The van der Waals surface area contributed by atoms with E-state index in [4.69, 9.17) is 10.8 Å². The van der Waals surface area contributed by atoms with E-state index in [0.717, 1.165) is 0 Å². The molecule has 1 rings (SSSR count). The van der Waals surface area contributed by atoms with E-state index in [1.165, 1.54) is 0 Å². The lowest BCUT2D eigenvalue weighted by Crippen LogP contribution is -2.43. The summed E-state index contributed by atoms with van der Waals surface area (Å²) in [5.74, 6) is -1.86. The van der Waals surface area contributed by atoms with Crippen molar-refractivity contribution in [2.45, 2.75) is 25.8 Å². The number of aromatic nitrogens is 1. The Morgan fingerprint density at radius 3 is 2.70 bits per heavy atom. The number of amides is 3. The number of carboxylic acid groups (broad SMARTS) is 1. The molecule has 8 heteroatoms. The van der Waals surface area contributed by atoms with Gasteiger partial charge in [-0.25, -0.2) is 9.59 Å². The summed E-state index contributed by atoms with van der Waals surface area (Å²) in [6.45, 7) is 1.71. The van der Waals surface area contributed by atoms with Gasteiger partial charge in [0.05, 0.1) is 11.4 Å². The minimum atomic E-state index is -1.23. The number of anilines is 1. The van der Waals surface area contributed by atoms with Crippen molar-refractivity contribution in [2.75, 3.05) is 5.32 Å². The fourth-order valence-corrected chi connectivity index (χ4v) is 1.48. The normalized spacial score (nSPS) is 11.4. The summed E-state index contributed by atoms with van der Waals surface area (Å²) in [4.78, 5) is 37.3. The first kappa shape index (κ1) is 15.4. The fourth-order valence-electron chi connectivity index (χ4n) is 1.48. The highest BCUT2D eigenvalue weighted by molar-refractivity contribution is 5.92. The lowest BCUT2D eigenvalue weighted by Gasteiger charge is -2.15. The summed E-state index contributed by atoms with van der Waals surface area (Å²) in [6, 6.07) is 1.42. The molecule has 108 valence electrons. The number of nitrogens with zero attached hydrogens (tertiary/aromatic N) is 1. The van der Waals surface area contributed by atoms with Gasteiger partial charge in [-0.3, -0.25) is 9.78 Å². The van der Waals surface area contributed by atoms with Crippen LogP contribution in [0.5, 0.6) is 0 Å². The topological polar surface area (TPSA) is 134 Å². The number of hydrogen-bond donors (Lipinski definition) is 4. The minimum Gasteiger partial charge on any atom is -0.480 e. The lowest BCUT2D eigenvalue weighted by atomic mass is 10.1. The number of carbonyl (C=O) groups is 3. The summed E-state index contributed by atoms with van der Waals surface area (Å²) in [5.41, 5.74) is 6.03. The third-order valence-corrected chi connectivity index (χ3v) is 2.54. The Morgan fingerprint density at radius 2 is 2.15 bits per heavy atom. The van der Waals surface area contributed by atoms with Gasteiger partial charge < -0.3 is 21.5 Å². The Hall–Kier alpha value is -2.64. The molecular formula is C12H16N4O4. The molecule has 0 aliphatic rings. The van der Waals surface area contributed by atoms with E-state index < -0.39 is 23.9 Å². The zero-order valence-corrected chi connectivity index (χ0v) is 10.9. The number of aryl methyl sites for hydroxylation is 1. The highest BCUT2D eigenvalue weighted by Gasteiger charge is 2.20. The summed E-state index contributed by atoms with van der Waals surface area (Å²) >= 11 is 0. The van der Waals surface area contributed by atoms with Crippen LogP contribution in [-0.2, 0) is 9.59 Å². The van der Waals surface area contributed by atoms with Gasteiger partial charge in [0.2, 0.25) is 5.91 Å². The van der Waals surface area contributed by atoms with E-state index in [2.05, 4.69) is 15.6 Å². The van der Waals surface area contributed by atoms with Crippen LogP contribution < -0.4 is 16.4 Å². The quantitative estimate of drug-likeness (QED) is 0.591. The van der Waals surface area contributed by atoms with Crippen LogP contribution in [0.4, 0.5) is 10.5 Å². The average Bonchev–Trinajstić information content (AvgIpc) is 2.36. The number of hydrogen-bond acceptors (Lipinski definition) is 4. The molecule has 0 aromatic carbocycles. The summed E-state index contributed by atoms with van der Waals surface area (Å²) in [7, 11) is 0. The van der Waals surface area contributed by atoms with Gasteiger partial charge >= 0.3 is 12.0 Å². The summed E-state index contributed by atoms with van der Waals surface area (Å²) < 4.78 is 0. The highest BCUT2D eigenvalue weighted by atomic mass is 16.4. The molecule has 20 heavy (non-hydrogen) atoms. The molecule has 3 amide bonds. The number of urea groups is 1. The Balaban J connectivity index is 2.60. The van der Waals surface area contributed by atoms with Crippen LogP contribution in [0.3, 0.4) is 0 Å². The molecule has 0 aliphatic heterocycles. The maximum atomic E-state index is 11.7. The van der Waals surface area contributed by atoms with Crippen molar-refractivity contribution in [1.29, 1.82) is 0 Å². The first-order valence-electron chi connectivity index (χ1n) is 5.90. The third-order valence-electron chi connectivity index (χ3n) is 2.54. The summed E-state index contributed by atoms with van der Waals surface area (Å²) in [6.07, 6.45) is 1.39. The number of pyridine rings is 1. The van der Waals surface area contributed by atoms with Crippen molar-refractivity contribution in [2.24, 2.45) is 5.73 Å². The molecule has 1 atom stereocenters. The van der Waals surface area contributed by atoms with Crippen LogP contribution in [0.2, 0.25) is 0 Å². The van der Waals surface area contributed by atoms with Gasteiger partial charge in [0.25, 0.3) is 0 Å². The Bertz CT molecular complexity index is 518. The molecule has 0 bridgehead atoms. The molecule has 0 radical (unpaired) electrons. The second kappa shape index (κ2) is 7.07. The van der Waals surface area contributed by atoms with Crippen LogP contribution in [0, 0.1) is 6.92 Å². The van der Waals surface area contributed by atoms with E-state index in [1.807, 2.05) is 0 Å². The number of nitrogens with two attached hydrogens (primary N) is 1. The van der Waals surface area contributed by atoms with Gasteiger partial charge in [-0.05, 0) is 25.5 Å². The molecule has 1 aromatic heterocycles. The maximum Gasteiger partial charge on any atom is 0.326 e. The number of nitrogens with one attached hydrogen (secondary N) is 2. The standard InChI is InChI=1S/C12H16N4O4/c1-7-8(3-2-6-14-7)15-12(20)16-9(11(18)19)4-5-10(13)17/h2-3,6,9H,4-5H2,1H3,(H2,13,17)(H,18,19)(H2,15,16,20)/t9-/m0/s1. The largest absolute Gasteiger partial charge is 0.480 e. The summed E-state index contributed by atoms with van der Waals surface area (Å²) in [5, 5.41) is 13.7. The van der Waals surface area contributed by atoms with E-state index >= 15 is 0 Å². The van der Waals surface area contributed by atoms with Crippen molar-refractivity contribution in [1.82, 2.24) is 10.3 Å². The van der Waals surface area contributed by atoms with Crippen LogP contribution in [0.15, 0.2) is 18.3 Å². The van der Waals surface area contributed by atoms with Crippen LogP contribution in [0.25, 0.3) is 0 Å². The zero-order chi connectivity index (χ0) is 15.1. The molecule has 8 nitrogen and oxygen atoms in total. The molecule has 1 heterocycles. The van der Waals surface area contributed by atoms with Gasteiger partial charge in [0.1, 0.15) is 6.04 Å². The van der Waals surface area contributed by atoms with E-state index in [-0.39, 0.29) is 12.8 Å². The van der Waals surface area contributed by atoms with E-state index in [1.54, 1.807) is 25.3 Å². The second-order valence-electron chi connectivity index (χ2n) is 4.13. The van der Waals surface area contributed by atoms with Crippen molar-refractivity contribution >= 4 is 23.6 Å². The predicted octanol–water partition coefficient (Wildman–Crippen LogP) is 0.230. The molecule has 0 unspecified atom stereocenters. The van der Waals surface area contributed by atoms with Crippen molar-refractivity contribution in [3.05, 3.63) is 24.0 Å². The molecule has 0 fully saturated rings. The number of carbonyl (C=O) groups excluding carboxylic acids is 2. The third kappa shape index (κ3) is 4.92. The van der Waals surface area contributed by atoms with Gasteiger partial charge in [0.15, 0.2) is 0 Å². The molecule has 0 spiro atoms. The lowest BCUT2D eigenvalue weighted by molar-refractivity contribution is -0.139. The molecule has 0 saturated heterocycles. The Morgan fingerprint density at radius 1 is 1.45 bits per heavy atom. The second-order valence-corrected chi connectivity index (χ2v) is 4.13. The number of aliphatic carboxylic acids is 1. The maximum absolute atomic E-state index is 11.7. The van der Waals surface area contributed by atoms with Crippen molar-refractivity contribution in [3.8, 4) is 0 Å². The Kier molecular flexibility index (Phi) is 5.45. The SMILES string of the molecule is Cc1ncccc1NC(=O)N[C@@H](CCC(N)=O)C(=O)O. The molecule has 5 N–H and O–H groups in total. The highest BCUT2D eigenvalue weighted by Crippen LogP contribution is 2.10. The number of rotatable bonds is 6. The number of carboxylic acids is 1. The van der Waals surface area contributed by atoms with Gasteiger partial charge in [-0.2, -0.15) is 0 Å². The molecule has 0 aliphatic carbocycles. The fraction of sp³-hybridized carbons (Fsp3) is 0.333. The van der Waals surface area contributed by atoms with E-state index in [9.17, 15) is 14.4 Å². The molecule has 1 aromatic rings. The Labute approximate surface area is 115 Å². The number of primary amides is 1. The van der Waals surface area contributed by atoms with Crippen LogP contribution in [-0.4, -0.2) is 34.0 Å². The minimum absolute atomic E-state index is 0.0654. The monoisotopic (exact) mass is 280 g/mol. The van der Waals surface area contributed by atoms with Gasteiger partial charge in [-0.1, -0.05) is 0 Å². The predicted molar refractivity (Wildman–Crippen MR) is 71.0 cm³/mol. The van der Waals surface area contributed by atoms with Crippen LogP contribution >= 0.6 is 0 Å². The first-order chi connectivity index (χ1) is 9.40. The average molecular weight is 280 g/mol. The van der Waals surface area contributed by atoms with E-state index in [0.29, 0.717) is 11.4 Å². The van der Waals surface area contributed by atoms with Crippen molar-refractivity contribution in [3.63, 3.8) is 0 Å². The smallest absolute Gasteiger partial charge is 0.326 e. The van der Waals surface area contributed by atoms with Crippen molar-refractivity contribution < 1.29 is 19.5 Å². The van der Waals surface area contributed by atoms with Gasteiger partial charge in [-0.15, -0.1) is 0 Å². The molecule has 0 saturated carbocycles. The first-order valence-corrected chi connectivity index (χ1v) is 5.90. The zero-order valence-electron chi connectivity index (χ0n) is 10.9. The van der Waals surface area contributed by atoms with Crippen LogP contribution in [0.1, 0.15) is 18.5 Å².